The molecule has 0 aromatic heterocycles. The lowest BCUT2D eigenvalue weighted by Gasteiger charge is -2.28. The molecule has 1 fully saturated rings. The van der Waals surface area contributed by atoms with Crippen molar-refractivity contribution in [1.82, 2.24) is 10.6 Å². The fourth-order valence-corrected chi connectivity index (χ4v) is 3.54. The van der Waals surface area contributed by atoms with Gasteiger partial charge in [-0.25, -0.2) is 9.59 Å². The number of carboxylic acids is 1. The van der Waals surface area contributed by atoms with Crippen molar-refractivity contribution < 1.29 is 14.7 Å². The summed E-state index contributed by atoms with van der Waals surface area (Å²) in [6, 6.07) is -0.982. The second kappa shape index (κ2) is 9.39. The van der Waals surface area contributed by atoms with Gasteiger partial charge in [0, 0.05) is 11.3 Å². The van der Waals surface area contributed by atoms with Gasteiger partial charge < -0.3 is 15.7 Å². The largest absolute Gasteiger partial charge is 0.480 e. The Bertz CT molecular complexity index is 321. The minimum atomic E-state index is -0.972. The Morgan fingerprint density at radius 3 is 2.40 bits per heavy atom. The quantitative estimate of drug-likeness (QED) is 0.670. The molecule has 2 amide bonds. The number of hydrogen-bond acceptors (Lipinski definition) is 4. The number of hydrogen-bond donors (Lipinski definition) is 3. The minimum absolute atomic E-state index is 0.174. The molecule has 1 atom stereocenters. The first-order valence-electron chi connectivity index (χ1n) is 6.88. The van der Waals surface area contributed by atoms with Crippen LogP contribution in [0.1, 0.15) is 32.1 Å². The molecule has 0 spiro atoms. The molecule has 0 aromatic rings. The number of thioether (sulfide) groups is 2. The summed E-state index contributed by atoms with van der Waals surface area (Å²) in [6.07, 6.45) is 8.66. The van der Waals surface area contributed by atoms with Crippen LogP contribution in [0, 0.1) is 0 Å². The average Bonchev–Trinajstić information content (AvgIpc) is 2.44. The highest BCUT2D eigenvalue weighted by Crippen LogP contribution is 2.26. The number of carbonyl (C=O) groups is 2. The van der Waals surface area contributed by atoms with E-state index >= 15 is 0 Å². The van der Waals surface area contributed by atoms with Crippen molar-refractivity contribution in [3.05, 3.63) is 0 Å². The van der Waals surface area contributed by atoms with E-state index in [-0.39, 0.29) is 12.1 Å². The van der Waals surface area contributed by atoms with Crippen LogP contribution in [0.3, 0.4) is 0 Å². The van der Waals surface area contributed by atoms with Gasteiger partial charge in [0.2, 0.25) is 0 Å². The second-order valence-corrected chi connectivity index (χ2v) is 7.12. The van der Waals surface area contributed by atoms with Gasteiger partial charge in [0.05, 0.1) is 0 Å². The summed E-state index contributed by atoms with van der Waals surface area (Å²) >= 11 is 3.46. The van der Waals surface area contributed by atoms with E-state index in [0.717, 1.165) is 31.4 Å². The van der Waals surface area contributed by atoms with E-state index in [2.05, 4.69) is 16.9 Å². The van der Waals surface area contributed by atoms with Crippen LogP contribution in [0.2, 0.25) is 0 Å². The number of urea groups is 1. The average molecular weight is 320 g/mol. The molecule has 5 nitrogen and oxygen atoms in total. The highest BCUT2D eigenvalue weighted by Gasteiger charge is 2.24. The molecule has 1 rings (SSSR count). The van der Waals surface area contributed by atoms with E-state index in [9.17, 15) is 9.59 Å². The van der Waals surface area contributed by atoms with Crippen LogP contribution in [0.15, 0.2) is 0 Å². The molecule has 1 unspecified atom stereocenters. The van der Waals surface area contributed by atoms with Crippen molar-refractivity contribution in [3.63, 3.8) is 0 Å². The standard InChI is InChI=1S/C13H24N2O3S2/c1-19-8-7-11(12(16)17)15-13(18)14-9-3-5-10(20-2)6-4-9/h9-11H,3-8H2,1-2H3,(H,16,17)(H2,14,15,18). The maximum Gasteiger partial charge on any atom is 0.326 e. The maximum absolute atomic E-state index is 11.8. The normalized spacial score (nSPS) is 23.9. The summed E-state index contributed by atoms with van der Waals surface area (Å²) in [6.45, 7) is 0. The summed E-state index contributed by atoms with van der Waals surface area (Å²) in [7, 11) is 0. The number of carbonyl (C=O) groups excluding carboxylic acids is 1. The van der Waals surface area contributed by atoms with Crippen molar-refractivity contribution in [2.45, 2.75) is 49.4 Å². The number of nitrogens with one attached hydrogen (secondary N) is 2. The van der Waals surface area contributed by atoms with Gasteiger partial charge in [-0.3, -0.25) is 0 Å². The minimum Gasteiger partial charge on any atom is -0.480 e. The van der Waals surface area contributed by atoms with Gasteiger partial charge in [0.15, 0.2) is 0 Å². The zero-order valence-corrected chi connectivity index (χ0v) is 13.7. The molecule has 3 N–H and O–H groups in total. The van der Waals surface area contributed by atoms with E-state index in [1.54, 1.807) is 11.8 Å². The van der Waals surface area contributed by atoms with Gasteiger partial charge in [-0.05, 0) is 50.4 Å². The smallest absolute Gasteiger partial charge is 0.326 e. The number of carboxylic acid groups (broad SMARTS) is 1. The van der Waals surface area contributed by atoms with Gasteiger partial charge in [-0.2, -0.15) is 23.5 Å². The number of aliphatic carboxylic acids is 1. The summed E-state index contributed by atoms with van der Waals surface area (Å²) in [5, 5.41) is 15.2. The first kappa shape index (κ1) is 17.5. The van der Waals surface area contributed by atoms with Crippen molar-refractivity contribution in [3.8, 4) is 0 Å². The van der Waals surface area contributed by atoms with Gasteiger partial charge in [0.25, 0.3) is 0 Å². The third-order valence-electron chi connectivity index (χ3n) is 3.56. The van der Waals surface area contributed by atoms with E-state index in [1.807, 2.05) is 18.0 Å². The van der Waals surface area contributed by atoms with Gasteiger partial charge in [-0.15, -0.1) is 0 Å². The lowest BCUT2D eigenvalue weighted by Crippen LogP contribution is -2.50. The zero-order chi connectivity index (χ0) is 15.0. The zero-order valence-electron chi connectivity index (χ0n) is 12.1. The molecule has 0 aliphatic heterocycles. The van der Waals surface area contributed by atoms with Crippen molar-refractivity contribution in [2.75, 3.05) is 18.3 Å². The third kappa shape index (κ3) is 6.26. The van der Waals surface area contributed by atoms with Crippen molar-refractivity contribution in [1.29, 1.82) is 0 Å². The molecule has 0 bridgehead atoms. The monoisotopic (exact) mass is 320 g/mol. The van der Waals surface area contributed by atoms with Crippen molar-refractivity contribution in [2.24, 2.45) is 0 Å². The van der Waals surface area contributed by atoms with E-state index in [0.29, 0.717) is 11.7 Å². The maximum atomic E-state index is 11.8. The van der Waals surface area contributed by atoms with Crippen LogP contribution in [0.5, 0.6) is 0 Å². The molecule has 0 aromatic carbocycles. The van der Waals surface area contributed by atoms with Crippen LogP contribution in [-0.2, 0) is 4.79 Å². The Morgan fingerprint density at radius 2 is 1.90 bits per heavy atom. The van der Waals surface area contributed by atoms with Gasteiger partial charge in [0.1, 0.15) is 6.04 Å². The highest BCUT2D eigenvalue weighted by molar-refractivity contribution is 7.99. The lowest BCUT2D eigenvalue weighted by molar-refractivity contribution is -0.139. The van der Waals surface area contributed by atoms with Crippen molar-refractivity contribution >= 4 is 35.5 Å². The molecule has 0 saturated heterocycles. The third-order valence-corrected chi connectivity index (χ3v) is 5.34. The molecule has 1 saturated carbocycles. The SMILES string of the molecule is CSCCC(NC(=O)NC1CCC(SC)CC1)C(=O)O. The van der Waals surface area contributed by atoms with Crippen LogP contribution in [0.25, 0.3) is 0 Å². The van der Waals surface area contributed by atoms with Crippen LogP contribution >= 0.6 is 23.5 Å². The van der Waals surface area contributed by atoms with Gasteiger partial charge >= 0.3 is 12.0 Å². The fraction of sp³-hybridized carbons (Fsp3) is 0.846. The predicted molar refractivity (Wildman–Crippen MR) is 85.6 cm³/mol. The molecular weight excluding hydrogens is 296 g/mol. The Hall–Kier alpha value is -0.560. The van der Waals surface area contributed by atoms with Crippen LogP contribution in [-0.4, -0.2) is 52.7 Å². The van der Waals surface area contributed by atoms with Gasteiger partial charge in [-0.1, -0.05) is 0 Å². The molecule has 1 aliphatic rings. The molecular formula is C13H24N2O3S2. The first-order valence-corrected chi connectivity index (χ1v) is 9.56. The Labute approximate surface area is 129 Å². The van der Waals surface area contributed by atoms with E-state index < -0.39 is 12.0 Å². The first-order chi connectivity index (χ1) is 9.56. The fourth-order valence-electron chi connectivity index (χ4n) is 2.32. The molecule has 7 heteroatoms. The number of rotatable bonds is 7. The Balaban J connectivity index is 2.32. The highest BCUT2D eigenvalue weighted by atomic mass is 32.2. The van der Waals surface area contributed by atoms with E-state index in [1.165, 1.54) is 0 Å². The van der Waals surface area contributed by atoms with Crippen LogP contribution < -0.4 is 10.6 Å². The molecule has 116 valence electrons. The molecule has 0 heterocycles. The molecule has 20 heavy (non-hydrogen) atoms. The van der Waals surface area contributed by atoms with Crippen LogP contribution in [0.4, 0.5) is 4.79 Å². The topological polar surface area (TPSA) is 78.4 Å². The summed E-state index contributed by atoms with van der Waals surface area (Å²) < 4.78 is 0. The predicted octanol–water partition coefficient (Wildman–Crippen LogP) is 2.17. The second-order valence-electron chi connectivity index (χ2n) is 5.00. The molecule has 0 radical (unpaired) electrons. The van der Waals surface area contributed by atoms with E-state index in [4.69, 9.17) is 5.11 Å². The summed E-state index contributed by atoms with van der Waals surface area (Å²) in [5.41, 5.74) is 0. The lowest BCUT2D eigenvalue weighted by atomic mass is 9.95. The Kier molecular flexibility index (Phi) is 8.21. The summed E-state index contributed by atoms with van der Waals surface area (Å²) in [4.78, 5) is 22.9. The summed E-state index contributed by atoms with van der Waals surface area (Å²) in [5.74, 6) is -0.254. The number of amides is 2. The Morgan fingerprint density at radius 1 is 1.25 bits per heavy atom. The molecule has 1 aliphatic carbocycles.